The van der Waals surface area contributed by atoms with Crippen LogP contribution in [0.5, 0.6) is 5.88 Å². The lowest BCUT2D eigenvalue weighted by Crippen LogP contribution is -2.14. The zero-order valence-corrected chi connectivity index (χ0v) is 11.1. The van der Waals surface area contributed by atoms with E-state index >= 15 is 0 Å². The molecule has 0 fully saturated rings. The number of hydrogen-bond donors (Lipinski definition) is 1. The molecule has 1 heterocycles. The molecule has 1 unspecified atom stereocenters. The average molecular weight is 282 g/mol. The van der Waals surface area contributed by atoms with Crippen LogP contribution in [0.2, 0.25) is 5.02 Å². The summed E-state index contributed by atoms with van der Waals surface area (Å²) in [5.74, 6) is 0.0238. The van der Waals surface area contributed by atoms with Crippen LogP contribution in [0.3, 0.4) is 0 Å². The molecule has 2 rings (SSSR count). The summed E-state index contributed by atoms with van der Waals surface area (Å²) in [6.07, 6.45) is 1.90. The first-order valence-corrected chi connectivity index (χ1v) is 6.03. The van der Waals surface area contributed by atoms with Crippen molar-refractivity contribution in [1.29, 1.82) is 0 Å². The van der Waals surface area contributed by atoms with Crippen molar-refractivity contribution in [2.75, 3.05) is 7.11 Å². The molecule has 19 heavy (non-hydrogen) atoms. The number of hydrogen-bond acceptors (Lipinski definition) is 4. The van der Waals surface area contributed by atoms with E-state index in [1.54, 1.807) is 12.1 Å². The van der Waals surface area contributed by atoms with Crippen molar-refractivity contribution in [3.05, 3.63) is 52.7 Å². The minimum absolute atomic E-state index is 0.0632. The van der Waals surface area contributed by atoms with Gasteiger partial charge in [-0.2, -0.15) is 0 Å². The van der Waals surface area contributed by atoms with Gasteiger partial charge >= 0.3 is 0 Å². The van der Waals surface area contributed by atoms with E-state index in [9.17, 15) is 4.39 Å². The molecule has 0 radical (unpaired) electrons. The summed E-state index contributed by atoms with van der Waals surface area (Å²) in [5.41, 5.74) is 7.56. The van der Waals surface area contributed by atoms with Crippen molar-refractivity contribution in [3.8, 4) is 5.88 Å². The van der Waals surface area contributed by atoms with Crippen LogP contribution in [0, 0.1) is 5.82 Å². The summed E-state index contributed by atoms with van der Waals surface area (Å²) in [6.45, 7) is 0. The highest BCUT2D eigenvalue weighted by atomic mass is 35.5. The van der Waals surface area contributed by atoms with Gasteiger partial charge in [0.2, 0.25) is 5.88 Å². The Morgan fingerprint density at radius 3 is 2.84 bits per heavy atom. The normalized spacial score (nSPS) is 12.2. The first kappa shape index (κ1) is 13.7. The molecule has 0 saturated heterocycles. The molecule has 0 spiro atoms. The second-order valence-electron chi connectivity index (χ2n) is 4.04. The molecule has 0 bridgehead atoms. The number of benzene rings is 1. The van der Waals surface area contributed by atoms with Crippen LogP contribution >= 0.6 is 11.6 Å². The second-order valence-corrected chi connectivity index (χ2v) is 4.44. The minimum atomic E-state index is -0.457. The van der Waals surface area contributed by atoms with Crippen molar-refractivity contribution in [1.82, 2.24) is 9.97 Å². The van der Waals surface area contributed by atoms with Crippen LogP contribution in [-0.2, 0) is 6.42 Å². The summed E-state index contributed by atoms with van der Waals surface area (Å²) in [5, 5.41) is 0.0632. The molecule has 0 amide bonds. The summed E-state index contributed by atoms with van der Waals surface area (Å²) >= 11 is 5.73. The molecule has 1 aromatic heterocycles. The number of nitrogens with zero attached hydrogens (tertiary/aromatic N) is 2. The third-order valence-electron chi connectivity index (χ3n) is 2.71. The molecule has 100 valence electrons. The Morgan fingerprint density at radius 2 is 2.16 bits per heavy atom. The van der Waals surface area contributed by atoms with Gasteiger partial charge in [-0.1, -0.05) is 17.7 Å². The van der Waals surface area contributed by atoms with E-state index in [1.807, 2.05) is 0 Å². The van der Waals surface area contributed by atoms with Crippen LogP contribution in [0.4, 0.5) is 4.39 Å². The highest BCUT2D eigenvalue weighted by Gasteiger charge is 2.11. The molecular formula is C13H13ClFN3O. The Hall–Kier alpha value is -1.72. The second kappa shape index (κ2) is 5.95. The van der Waals surface area contributed by atoms with Gasteiger partial charge in [0.1, 0.15) is 12.1 Å². The van der Waals surface area contributed by atoms with Gasteiger partial charge in [-0.25, -0.2) is 14.4 Å². The maximum atomic E-state index is 13.1. The number of ether oxygens (including phenoxy) is 1. The Bertz CT molecular complexity index is 580. The van der Waals surface area contributed by atoms with E-state index in [2.05, 4.69) is 9.97 Å². The summed E-state index contributed by atoms with van der Waals surface area (Å²) < 4.78 is 18.1. The lowest BCUT2D eigenvalue weighted by molar-refractivity contribution is 0.395. The van der Waals surface area contributed by atoms with E-state index in [0.717, 1.165) is 11.3 Å². The molecule has 0 aliphatic carbocycles. The van der Waals surface area contributed by atoms with Crippen molar-refractivity contribution in [2.45, 2.75) is 12.5 Å². The van der Waals surface area contributed by atoms with E-state index in [0.29, 0.717) is 12.3 Å². The molecular weight excluding hydrogens is 269 g/mol. The largest absolute Gasteiger partial charge is 0.481 e. The van der Waals surface area contributed by atoms with Crippen LogP contribution < -0.4 is 10.5 Å². The molecule has 0 saturated carbocycles. The van der Waals surface area contributed by atoms with Crippen LogP contribution in [0.25, 0.3) is 0 Å². The zero-order valence-electron chi connectivity index (χ0n) is 10.3. The predicted octanol–water partition coefficient (Wildman–Crippen LogP) is 2.52. The number of nitrogens with two attached hydrogens (primary N) is 1. The zero-order chi connectivity index (χ0) is 13.8. The van der Waals surface area contributed by atoms with Crippen molar-refractivity contribution in [3.63, 3.8) is 0 Å². The molecule has 4 nitrogen and oxygen atoms in total. The Morgan fingerprint density at radius 1 is 1.37 bits per heavy atom. The first-order chi connectivity index (χ1) is 9.10. The highest BCUT2D eigenvalue weighted by Crippen LogP contribution is 2.22. The van der Waals surface area contributed by atoms with Crippen LogP contribution in [0.1, 0.15) is 17.3 Å². The van der Waals surface area contributed by atoms with Crippen molar-refractivity contribution < 1.29 is 9.13 Å². The fourth-order valence-corrected chi connectivity index (χ4v) is 1.88. The van der Waals surface area contributed by atoms with Crippen LogP contribution in [-0.4, -0.2) is 17.1 Å². The molecule has 1 aromatic carbocycles. The highest BCUT2D eigenvalue weighted by molar-refractivity contribution is 6.30. The molecule has 6 heteroatoms. The van der Waals surface area contributed by atoms with Crippen molar-refractivity contribution >= 4 is 11.6 Å². The molecule has 0 aliphatic heterocycles. The maximum absolute atomic E-state index is 13.1. The Labute approximate surface area is 115 Å². The Balaban J connectivity index is 2.15. The quantitative estimate of drug-likeness (QED) is 0.935. The number of methoxy groups -OCH3 is 1. The van der Waals surface area contributed by atoms with E-state index in [-0.39, 0.29) is 11.1 Å². The van der Waals surface area contributed by atoms with E-state index in [1.165, 1.54) is 25.6 Å². The third kappa shape index (κ3) is 3.39. The summed E-state index contributed by atoms with van der Waals surface area (Å²) in [7, 11) is 1.53. The SMILES string of the molecule is COc1cc(CC(N)c2ccc(F)c(Cl)c2)ncn1. The Kier molecular flexibility index (Phi) is 4.29. The molecule has 2 aromatic rings. The first-order valence-electron chi connectivity index (χ1n) is 5.65. The predicted molar refractivity (Wildman–Crippen MR) is 70.6 cm³/mol. The van der Waals surface area contributed by atoms with E-state index in [4.69, 9.17) is 22.1 Å². The average Bonchev–Trinajstić information content (AvgIpc) is 2.42. The standard InChI is InChI=1S/C13H13ClFN3O/c1-19-13-6-9(17-7-18-13)5-12(16)8-2-3-11(15)10(14)4-8/h2-4,6-7,12H,5,16H2,1H3. The topological polar surface area (TPSA) is 61.0 Å². The minimum Gasteiger partial charge on any atom is -0.481 e. The van der Waals surface area contributed by atoms with Gasteiger partial charge in [0.25, 0.3) is 0 Å². The molecule has 0 aliphatic rings. The van der Waals surface area contributed by atoms with Gasteiger partial charge in [0.05, 0.1) is 12.1 Å². The van der Waals surface area contributed by atoms with Gasteiger partial charge in [-0.3, -0.25) is 0 Å². The number of aromatic nitrogens is 2. The van der Waals surface area contributed by atoms with Gasteiger partial charge < -0.3 is 10.5 Å². The maximum Gasteiger partial charge on any atom is 0.216 e. The molecule has 1 atom stereocenters. The fraction of sp³-hybridized carbons (Fsp3) is 0.231. The van der Waals surface area contributed by atoms with Gasteiger partial charge in [-0.15, -0.1) is 0 Å². The van der Waals surface area contributed by atoms with Crippen molar-refractivity contribution in [2.24, 2.45) is 5.73 Å². The van der Waals surface area contributed by atoms with Crippen LogP contribution in [0.15, 0.2) is 30.6 Å². The van der Waals surface area contributed by atoms with E-state index < -0.39 is 5.82 Å². The smallest absolute Gasteiger partial charge is 0.216 e. The van der Waals surface area contributed by atoms with Gasteiger partial charge in [0.15, 0.2) is 0 Å². The molecule has 2 N–H and O–H groups in total. The lowest BCUT2D eigenvalue weighted by atomic mass is 10.0. The van der Waals surface area contributed by atoms with Gasteiger partial charge in [0, 0.05) is 24.2 Å². The third-order valence-corrected chi connectivity index (χ3v) is 3.00. The number of rotatable bonds is 4. The summed E-state index contributed by atoms with van der Waals surface area (Å²) in [6, 6.07) is 5.84. The van der Waals surface area contributed by atoms with Gasteiger partial charge in [-0.05, 0) is 17.7 Å². The fourth-order valence-electron chi connectivity index (χ4n) is 1.69. The number of halogens is 2. The monoisotopic (exact) mass is 281 g/mol. The lowest BCUT2D eigenvalue weighted by Gasteiger charge is -2.12. The summed E-state index contributed by atoms with van der Waals surface area (Å²) in [4.78, 5) is 8.03.